The van der Waals surface area contributed by atoms with Crippen molar-refractivity contribution < 1.29 is 18.8 Å². The van der Waals surface area contributed by atoms with Crippen molar-refractivity contribution in [2.45, 2.75) is 46.8 Å². The van der Waals surface area contributed by atoms with E-state index in [0.29, 0.717) is 17.0 Å². The number of nitrogens with zero attached hydrogens (tertiary/aromatic N) is 1. The molecule has 0 saturated heterocycles. The quantitative estimate of drug-likeness (QED) is 0.813. The Balaban J connectivity index is 2.05. The Bertz CT molecular complexity index is 734. The van der Waals surface area contributed by atoms with E-state index < -0.39 is 18.1 Å². The van der Waals surface area contributed by atoms with Gasteiger partial charge in [0.2, 0.25) is 0 Å². The number of aryl methyl sites for hydroxylation is 2. The predicted molar refractivity (Wildman–Crippen MR) is 93.0 cm³/mol. The van der Waals surface area contributed by atoms with Gasteiger partial charge in [-0.25, -0.2) is 4.79 Å². The predicted octanol–water partition coefficient (Wildman–Crippen LogP) is 3.35. The number of nitrogens with one attached hydrogen (secondary N) is 1. The van der Waals surface area contributed by atoms with Crippen molar-refractivity contribution in [2.75, 3.05) is 0 Å². The van der Waals surface area contributed by atoms with E-state index in [2.05, 4.69) is 10.5 Å². The standard InChI is InChI=1S/C19H24N2O4/c1-11(2)17(20-18(22)15-8-6-12(3)7-9-15)19(23)24-14(5)16-10-13(4)25-21-16/h6-11,14,17H,1-5H3,(H,20,22)/t14-,17-/m1/s1. The zero-order valence-corrected chi connectivity index (χ0v) is 15.2. The van der Waals surface area contributed by atoms with Crippen LogP contribution in [0, 0.1) is 19.8 Å². The average Bonchev–Trinajstić information content (AvgIpc) is 2.99. The summed E-state index contributed by atoms with van der Waals surface area (Å²) in [6.07, 6.45) is -0.553. The SMILES string of the molecule is Cc1ccc(C(=O)N[C@@H](C(=O)O[C@H](C)c2cc(C)on2)C(C)C)cc1. The third kappa shape index (κ3) is 4.92. The van der Waals surface area contributed by atoms with Crippen molar-refractivity contribution in [3.63, 3.8) is 0 Å². The zero-order valence-electron chi connectivity index (χ0n) is 15.2. The molecule has 1 heterocycles. The molecule has 0 aliphatic rings. The van der Waals surface area contributed by atoms with Gasteiger partial charge in [0.25, 0.3) is 5.91 Å². The lowest BCUT2D eigenvalue weighted by Crippen LogP contribution is -2.45. The maximum absolute atomic E-state index is 12.5. The van der Waals surface area contributed by atoms with Gasteiger partial charge in [0.05, 0.1) is 0 Å². The lowest BCUT2D eigenvalue weighted by Gasteiger charge is -2.22. The monoisotopic (exact) mass is 344 g/mol. The number of ether oxygens (including phenoxy) is 1. The summed E-state index contributed by atoms with van der Waals surface area (Å²) in [6.45, 7) is 9.14. The van der Waals surface area contributed by atoms with Gasteiger partial charge in [0.15, 0.2) is 0 Å². The molecule has 0 bridgehead atoms. The first-order valence-corrected chi connectivity index (χ1v) is 8.29. The summed E-state index contributed by atoms with van der Waals surface area (Å²) in [7, 11) is 0. The smallest absolute Gasteiger partial charge is 0.329 e. The number of aromatic nitrogens is 1. The molecule has 1 aromatic carbocycles. The van der Waals surface area contributed by atoms with Crippen LogP contribution in [0.5, 0.6) is 0 Å². The molecule has 1 N–H and O–H groups in total. The molecule has 0 aliphatic heterocycles. The van der Waals surface area contributed by atoms with Crippen molar-refractivity contribution in [2.24, 2.45) is 5.92 Å². The van der Waals surface area contributed by atoms with Gasteiger partial charge in [-0.2, -0.15) is 0 Å². The van der Waals surface area contributed by atoms with Crippen molar-refractivity contribution in [3.8, 4) is 0 Å². The minimum Gasteiger partial charge on any atom is -0.454 e. The molecule has 0 spiro atoms. The Morgan fingerprint density at radius 3 is 2.28 bits per heavy atom. The number of carbonyl (C=O) groups excluding carboxylic acids is 2. The van der Waals surface area contributed by atoms with Crippen LogP contribution in [0.3, 0.4) is 0 Å². The average molecular weight is 344 g/mol. The summed E-state index contributed by atoms with van der Waals surface area (Å²) in [4.78, 5) is 24.9. The first-order chi connectivity index (χ1) is 11.8. The van der Waals surface area contributed by atoms with Gasteiger partial charge in [-0.15, -0.1) is 0 Å². The van der Waals surface area contributed by atoms with Gasteiger partial charge in [0.1, 0.15) is 23.6 Å². The van der Waals surface area contributed by atoms with Crippen LogP contribution < -0.4 is 5.32 Å². The molecule has 2 aromatic rings. The lowest BCUT2D eigenvalue weighted by atomic mass is 10.0. The van der Waals surface area contributed by atoms with Crippen molar-refractivity contribution in [1.29, 1.82) is 0 Å². The second kappa shape index (κ2) is 7.96. The number of benzene rings is 1. The van der Waals surface area contributed by atoms with Crippen LogP contribution in [0.2, 0.25) is 0 Å². The topological polar surface area (TPSA) is 81.4 Å². The Hall–Kier alpha value is -2.63. The van der Waals surface area contributed by atoms with Gasteiger partial charge < -0.3 is 14.6 Å². The summed E-state index contributed by atoms with van der Waals surface area (Å²) >= 11 is 0. The highest BCUT2D eigenvalue weighted by molar-refractivity contribution is 5.96. The molecule has 0 radical (unpaired) electrons. The Labute approximate surface area is 147 Å². The molecular weight excluding hydrogens is 320 g/mol. The highest BCUT2D eigenvalue weighted by Gasteiger charge is 2.28. The molecule has 134 valence electrons. The van der Waals surface area contributed by atoms with Crippen molar-refractivity contribution in [1.82, 2.24) is 10.5 Å². The minimum atomic E-state index is -0.746. The van der Waals surface area contributed by atoms with Gasteiger partial charge in [-0.1, -0.05) is 36.7 Å². The third-order valence-corrected chi connectivity index (χ3v) is 3.88. The number of rotatable bonds is 6. The molecular formula is C19H24N2O4. The highest BCUT2D eigenvalue weighted by atomic mass is 16.5. The van der Waals surface area contributed by atoms with Crippen LogP contribution in [0.25, 0.3) is 0 Å². The first-order valence-electron chi connectivity index (χ1n) is 8.29. The van der Waals surface area contributed by atoms with Crippen LogP contribution in [-0.2, 0) is 9.53 Å². The molecule has 25 heavy (non-hydrogen) atoms. The zero-order chi connectivity index (χ0) is 18.6. The second-order valence-corrected chi connectivity index (χ2v) is 6.50. The fourth-order valence-electron chi connectivity index (χ4n) is 2.31. The van der Waals surface area contributed by atoms with Crippen LogP contribution in [0.1, 0.15) is 54.3 Å². The fourth-order valence-corrected chi connectivity index (χ4v) is 2.31. The molecule has 1 amide bonds. The van der Waals surface area contributed by atoms with E-state index >= 15 is 0 Å². The normalized spacial score (nSPS) is 13.4. The Morgan fingerprint density at radius 1 is 1.12 bits per heavy atom. The molecule has 6 nitrogen and oxygen atoms in total. The van der Waals surface area contributed by atoms with E-state index in [4.69, 9.17) is 9.26 Å². The van der Waals surface area contributed by atoms with Gasteiger partial charge in [0, 0.05) is 11.6 Å². The summed E-state index contributed by atoms with van der Waals surface area (Å²) in [5, 5.41) is 6.61. The van der Waals surface area contributed by atoms with Gasteiger partial charge >= 0.3 is 5.97 Å². The minimum absolute atomic E-state index is 0.117. The highest BCUT2D eigenvalue weighted by Crippen LogP contribution is 2.18. The van der Waals surface area contributed by atoms with Crippen molar-refractivity contribution >= 4 is 11.9 Å². The first kappa shape index (κ1) is 18.7. The largest absolute Gasteiger partial charge is 0.454 e. The van der Waals surface area contributed by atoms with Crippen LogP contribution in [0.4, 0.5) is 0 Å². The van der Waals surface area contributed by atoms with Gasteiger partial charge in [-0.3, -0.25) is 4.79 Å². The summed E-state index contributed by atoms with van der Waals surface area (Å²) in [6, 6.07) is 8.14. The molecule has 0 fully saturated rings. The van der Waals surface area contributed by atoms with Crippen LogP contribution in [-0.4, -0.2) is 23.1 Å². The molecule has 0 unspecified atom stereocenters. The summed E-state index contributed by atoms with van der Waals surface area (Å²) < 4.78 is 10.4. The maximum atomic E-state index is 12.5. The van der Waals surface area contributed by atoms with E-state index in [-0.39, 0.29) is 11.8 Å². The van der Waals surface area contributed by atoms with E-state index in [0.717, 1.165) is 5.56 Å². The summed E-state index contributed by atoms with van der Waals surface area (Å²) in [5.74, 6) is -0.275. The number of carbonyl (C=O) groups is 2. The van der Waals surface area contributed by atoms with E-state index in [1.54, 1.807) is 32.0 Å². The van der Waals surface area contributed by atoms with Crippen molar-refractivity contribution in [3.05, 3.63) is 52.9 Å². The molecule has 1 aromatic heterocycles. The molecule has 6 heteroatoms. The lowest BCUT2D eigenvalue weighted by molar-refractivity contribution is -0.152. The summed E-state index contributed by atoms with van der Waals surface area (Å²) in [5.41, 5.74) is 2.11. The number of hydrogen-bond donors (Lipinski definition) is 1. The van der Waals surface area contributed by atoms with Crippen LogP contribution in [0.15, 0.2) is 34.9 Å². The molecule has 0 saturated carbocycles. The Kier molecular flexibility index (Phi) is 5.96. The third-order valence-electron chi connectivity index (χ3n) is 3.88. The van der Waals surface area contributed by atoms with Crippen LogP contribution >= 0.6 is 0 Å². The van der Waals surface area contributed by atoms with Gasteiger partial charge in [-0.05, 0) is 38.8 Å². The molecule has 0 aliphatic carbocycles. The molecule has 2 atom stereocenters. The number of esters is 1. The van der Waals surface area contributed by atoms with E-state index in [1.165, 1.54) is 0 Å². The van der Waals surface area contributed by atoms with E-state index in [1.807, 2.05) is 32.9 Å². The maximum Gasteiger partial charge on any atom is 0.329 e. The number of amides is 1. The molecule has 2 rings (SSSR count). The van der Waals surface area contributed by atoms with E-state index in [9.17, 15) is 9.59 Å². The number of hydrogen-bond acceptors (Lipinski definition) is 5. The Morgan fingerprint density at radius 2 is 1.76 bits per heavy atom. The second-order valence-electron chi connectivity index (χ2n) is 6.50. The fraction of sp³-hybridized carbons (Fsp3) is 0.421.